The van der Waals surface area contributed by atoms with Gasteiger partial charge in [0.05, 0.1) is 5.75 Å². The predicted octanol–water partition coefficient (Wildman–Crippen LogP) is 4.14. The highest BCUT2D eigenvalue weighted by Gasteiger charge is 2.32. The van der Waals surface area contributed by atoms with Crippen molar-refractivity contribution in [2.24, 2.45) is 5.92 Å². The number of anilines is 1. The minimum atomic E-state index is -3.58. The van der Waals surface area contributed by atoms with Crippen molar-refractivity contribution in [1.29, 1.82) is 0 Å². The molecule has 1 aromatic carbocycles. The number of rotatable bonds is 7. The molecule has 1 saturated heterocycles. The lowest BCUT2D eigenvalue weighted by Gasteiger charge is -2.30. The van der Waals surface area contributed by atoms with Crippen LogP contribution in [0.5, 0.6) is 0 Å². The minimum absolute atomic E-state index is 0.152. The van der Waals surface area contributed by atoms with Gasteiger partial charge in [0.25, 0.3) is 0 Å². The molecule has 2 heterocycles. The lowest BCUT2D eigenvalue weighted by molar-refractivity contribution is -0.120. The van der Waals surface area contributed by atoms with E-state index >= 15 is 0 Å². The Balaban J connectivity index is 1.57. The van der Waals surface area contributed by atoms with E-state index in [0.717, 1.165) is 10.1 Å². The van der Waals surface area contributed by atoms with Gasteiger partial charge in [-0.05, 0) is 30.7 Å². The molecule has 1 fully saturated rings. The molecule has 3 rings (SSSR count). The standard InChI is InChI=1S/C17H20Cl2N4O3S3/c1-2-27-17-22-21-16(28-17)20-15(24)11-6-8-23(9-7-11)29(25,26)10-12-13(18)4-3-5-14(12)19/h3-5,11H,2,6-10H2,1H3,(H,20,21,24). The Morgan fingerprint density at radius 3 is 2.55 bits per heavy atom. The number of thioether (sulfide) groups is 1. The van der Waals surface area contributed by atoms with Crippen LogP contribution in [0.15, 0.2) is 22.5 Å². The molecule has 0 radical (unpaired) electrons. The number of halogens is 2. The van der Waals surface area contributed by atoms with Crippen LogP contribution in [0.3, 0.4) is 0 Å². The number of carbonyl (C=O) groups excluding carboxylic acids is 1. The van der Waals surface area contributed by atoms with E-state index in [0.29, 0.717) is 33.6 Å². The van der Waals surface area contributed by atoms with Crippen LogP contribution in [0.1, 0.15) is 25.3 Å². The second kappa shape index (κ2) is 9.93. The first-order valence-corrected chi connectivity index (χ1v) is 13.1. The van der Waals surface area contributed by atoms with E-state index < -0.39 is 10.0 Å². The first-order valence-electron chi connectivity index (χ1n) is 8.98. The molecule has 2 aromatic rings. The Morgan fingerprint density at radius 2 is 1.93 bits per heavy atom. The van der Waals surface area contributed by atoms with Crippen molar-refractivity contribution < 1.29 is 13.2 Å². The highest BCUT2D eigenvalue weighted by Crippen LogP contribution is 2.30. The Bertz CT molecular complexity index is 956. The van der Waals surface area contributed by atoms with Crippen LogP contribution in [0.25, 0.3) is 0 Å². The third kappa shape index (κ3) is 5.83. The number of sulfonamides is 1. The average Bonchev–Trinajstić information content (AvgIpc) is 3.12. The normalized spacial score (nSPS) is 16.1. The van der Waals surface area contributed by atoms with Crippen molar-refractivity contribution in [3.05, 3.63) is 33.8 Å². The van der Waals surface area contributed by atoms with Gasteiger partial charge in [-0.15, -0.1) is 10.2 Å². The summed E-state index contributed by atoms with van der Waals surface area (Å²) < 4.78 is 27.8. The van der Waals surface area contributed by atoms with Crippen molar-refractivity contribution in [3.8, 4) is 0 Å². The highest BCUT2D eigenvalue weighted by molar-refractivity contribution is 8.01. The average molecular weight is 495 g/mol. The fourth-order valence-corrected chi connectivity index (χ4v) is 6.96. The molecule has 0 bridgehead atoms. The number of piperidine rings is 1. The number of nitrogens with zero attached hydrogens (tertiary/aromatic N) is 3. The largest absolute Gasteiger partial charge is 0.300 e. The number of nitrogens with one attached hydrogen (secondary N) is 1. The molecule has 158 valence electrons. The van der Waals surface area contributed by atoms with E-state index in [9.17, 15) is 13.2 Å². The molecule has 0 aliphatic carbocycles. The number of benzene rings is 1. The lowest BCUT2D eigenvalue weighted by Crippen LogP contribution is -2.41. The lowest BCUT2D eigenvalue weighted by atomic mass is 9.97. The molecule has 1 aliphatic heterocycles. The van der Waals surface area contributed by atoms with Crippen LogP contribution >= 0.6 is 46.3 Å². The van der Waals surface area contributed by atoms with E-state index in [1.165, 1.54) is 15.6 Å². The maximum atomic E-state index is 12.8. The van der Waals surface area contributed by atoms with Crippen LogP contribution < -0.4 is 5.32 Å². The summed E-state index contributed by atoms with van der Waals surface area (Å²) in [4.78, 5) is 12.5. The predicted molar refractivity (Wildman–Crippen MR) is 118 cm³/mol. The smallest absolute Gasteiger partial charge is 0.229 e. The van der Waals surface area contributed by atoms with Crippen LogP contribution in [0.2, 0.25) is 10.0 Å². The summed E-state index contributed by atoms with van der Waals surface area (Å²) in [5.74, 6) is 0.205. The Kier molecular flexibility index (Phi) is 7.80. The van der Waals surface area contributed by atoms with Crippen LogP contribution in [0.4, 0.5) is 5.13 Å². The van der Waals surface area contributed by atoms with E-state index in [2.05, 4.69) is 15.5 Å². The van der Waals surface area contributed by atoms with Crippen LogP contribution in [0, 0.1) is 5.92 Å². The summed E-state index contributed by atoms with van der Waals surface area (Å²) in [6, 6.07) is 4.91. The minimum Gasteiger partial charge on any atom is -0.300 e. The van der Waals surface area contributed by atoms with Gasteiger partial charge in [0.1, 0.15) is 0 Å². The molecule has 29 heavy (non-hydrogen) atoms. The number of hydrogen-bond donors (Lipinski definition) is 1. The van der Waals surface area contributed by atoms with Gasteiger partial charge in [0.15, 0.2) is 4.34 Å². The maximum absolute atomic E-state index is 12.8. The van der Waals surface area contributed by atoms with Crippen molar-refractivity contribution in [2.75, 3.05) is 24.2 Å². The van der Waals surface area contributed by atoms with Gasteiger partial charge in [0, 0.05) is 34.6 Å². The third-order valence-corrected chi connectivity index (χ3v) is 8.88. The van der Waals surface area contributed by atoms with E-state index in [4.69, 9.17) is 23.2 Å². The number of hydrogen-bond acceptors (Lipinski definition) is 7. The molecule has 12 heteroatoms. The quantitative estimate of drug-likeness (QED) is 0.459. The van der Waals surface area contributed by atoms with Gasteiger partial charge < -0.3 is 5.32 Å². The molecule has 0 spiro atoms. The summed E-state index contributed by atoms with van der Waals surface area (Å²) in [5, 5.41) is 11.9. The van der Waals surface area contributed by atoms with Gasteiger partial charge in [-0.3, -0.25) is 4.79 Å². The molecule has 1 amide bonds. The molecule has 0 saturated carbocycles. The second-order valence-electron chi connectivity index (χ2n) is 6.43. The zero-order valence-corrected chi connectivity index (χ0v) is 19.6. The van der Waals surface area contributed by atoms with Crippen molar-refractivity contribution in [3.63, 3.8) is 0 Å². The van der Waals surface area contributed by atoms with Gasteiger partial charge in [-0.1, -0.05) is 59.3 Å². The molecular formula is C17H20Cl2N4O3S3. The summed E-state index contributed by atoms with van der Waals surface area (Å²) in [5.41, 5.74) is 0.396. The number of aromatic nitrogens is 2. The Morgan fingerprint density at radius 1 is 1.28 bits per heavy atom. The van der Waals surface area contributed by atoms with Gasteiger partial charge >= 0.3 is 0 Å². The van der Waals surface area contributed by atoms with Crippen molar-refractivity contribution in [2.45, 2.75) is 29.9 Å². The monoisotopic (exact) mass is 494 g/mol. The zero-order valence-electron chi connectivity index (χ0n) is 15.6. The number of amides is 1. The first-order chi connectivity index (χ1) is 13.8. The molecule has 0 unspecified atom stereocenters. The van der Waals surface area contributed by atoms with E-state index in [-0.39, 0.29) is 30.7 Å². The molecule has 1 aliphatic rings. The Labute approximate surface area is 188 Å². The van der Waals surface area contributed by atoms with Gasteiger partial charge in [0.2, 0.25) is 21.1 Å². The molecule has 7 nitrogen and oxygen atoms in total. The summed E-state index contributed by atoms with van der Waals surface area (Å²) in [7, 11) is -3.58. The number of carbonyl (C=O) groups is 1. The van der Waals surface area contributed by atoms with E-state index in [1.54, 1.807) is 30.0 Å². The summed E-state index contributed by atoms with van der Waals surface area (Å²) >= 11 is 15.1. The summed E-state index contributed by atoms with van der Waals surface area (Å²) in [6.07, 6.45) is 0.882. The molecule has 0 atom stereocenters. The van der Waals surface area contributed by atoms with Crippen LogP contribution in [-0.2, 0) is 20.6 Å². The SMILES string of the molecule is CCSc1nnc(NC(=O)C2CCN(S(=O)(=O)Cc3c(Cl)cccc3Cl)CC2)s1. The summed E-state index contributed by atoms with van der Waals surface area (Å²) in [6.45, 7) is 2.57. The Hall–Kier alpha value is -0.910. The second-order valence-corrected chi connectivity index (χ2v) is 11.7. The highest BCUT2D eigenvalue weighted by atomic mass is 35.5. The van der Waals surface area contributed by atoms with Crippen molar-refractivity contribution >= 4 is 67.4 Å². The maximum Gasteiger partial charge on any atom is 0.229 e. The van der Waals surface area contributed by atoms with Gasteiger partial charge in [-0.2, -0.15) is 0 Å². The fraction of sp³-hybridized carbons (Fsp3) is 0.471. The topological polar surface area (TPSA) is 92.3 Å². The molecular weight excluding hydrogens is 475 g/mol. The zero-order chi connectivity index (χ0) is 21.0. The third-order valence-electron chi connectivity index (χ3n) is 4.51. The first kappa shape index (κ1) is 22.8. The fourth-order valence-electron chi connectivity index (χ4n) is 2.99. The molecule has 1 aromatic heterocycles. The van der Waals surface area contributed by atoms with Crippen LogP contribution in [-0.4, -0.2) is 47.7 Å². The van der Waals surface area contributed by atoms with E-state index in [1.807, 2.05) is 6.92 Å². The van der Waals surface area contributed by atoms with Crippen molar-refractivity contribution in [1.82, 2.24) is 14.5 Å². The molecule has 1 N–H and O–H groups in total. The van der Waals surface area contributed by atoms with Gasteiger partial charge in [-0.25, -0.2) is 12.7 Å².